The molecule has 0 spiro atoms. The van der Waals surface area contributed by atoms with Crippen LogP contribution in [-0.4, -0.2) is 27.7 Å². The van der Waals surface area contributed by atoms with Gasteiger partial charge in [0.25, 0.3) is 0 Å². The number of hydrogen-bond acceptors (Lipinski definition) is 4. The summed E-state index contributed by atoms with van der Waals surface area (Å²) in [6.45, 7) is 0. The number of rotatable bonds is 3. The number of phenolic OH excluding ortho intramolecular Hbond substituents is 1. The van der Waals surface area contributed by atoms with Crippen molar-refractivity contribution in [2.24, 2.45) is 4.99 Å². The van der Waals surface area contributed by atoms with E-state index in [4.69, 9.17) is 5.11 Å². The number of nitrogens with zero attached hydrogens (tertiary/aromatic N) is 1. The lowest BCUT2D eigenvalue weighted by molar-refractivity contribution is -0.131. The fourth-order valence-corrected chi connectivity index (χ4v) is 2.82. The smallest absolute Gasteiger partial charge is 0.328 e. The van der Waals surface area contributed by atoms with Crippen molar-refractivity contribution in [3.8, 4) is 5.75 Å². The van der Waals surface area contributed by atoms with Crippen molar-refractivity contribution < 1.29 is 19.8 Å². The first kappa shape index (κ1) is 16.4. The number of carbonyl (C=O) groups is 2. The van der Waals surface area contributed by atoms with Gasteiger partial charge >= 0.3 is 5.97 Å². The number of carboxylic acids is 1. The van der Waals surface area contributed by atoms with Gasteiger partial charge in [0, 0.05) is 11.6 Å². The molecule has 0 radical (unpaired) electrons. The van der Waals surface area contributed by atoms with Gasteiger partial charge in [-0.05, 0) is 68.3 Å². The van der Waals surface area contributed by atoms with E-state index in [9.17, 15) is 14.7 Å². The van der Waals surface area contributed by atoms with E-state index in [2.05, 4.69) is 36.9 Å². The summed E-state index contributed by atoms with van der Waals surface area (Å²) in [5.41, 5.74) is 1.29. The largest absolute Gasteiger partial charge is 0.506 e. The lowest BCUT2D eigenvalue weighted by atomic mass is 10.0. The van der Waals surface area contributed by atoms with Crippen molar-refractivity contribution in [2.75, 3.05) is 0 Å². The van der Waals surface area contributed by atoms with Crippen LogP contribution in [0.4, 0.5) is 5.69 Å². The molecule has 1 aliphatic rings. The minimum atomic E-state index is -1.13. The Labute approximate surface area is 142 Å². The van der Waals surface area contributed by atoms with Crippen LogP contribution in [0.5, 0.6) is 5.75 Å². The van der Waals surface area contributed by atoms with E-state index in [1.54, 1.807) is 12.1 Å². The van der Waals surface area contributed by atoms with Crippen molar-refractivity contribution in [3.05, 3.63) is 57.0 Å². The minimum absolute atomic E-state index is 0.0685. The molecular weight excluding hydrogens is 418 g/mol. The lowest BCUT2D eigenvalue weighted by Gasteiger charge is -2.06. The highest BCUT2D eigenvalue weighted by atomic mass is 79.9. The second kappa shape index (κ2) is 6.85. The Balaban J connectivity index is 2.37. The maximum atomic E-state index is 11.7. The second-order valence-corrected chi connectivity index (χ2v) is 5.97. The van der Waals surface area contributed by atoms with Crippen LogP contribution in [0.3, 0.4) is 0 Å². The average molecular weight is 427 g/mol. The number of phenols is 1. The molecule has 0 aliphatic heterocycles. The van der Waals surface area contributed by atoms with E-state index >= 15 is 0 Å². The fourth-order valence-electron chi connectivity index (χ4n) is 1.66. The highest BCUT2D eigenvalue weighted by molar-refractivity contribution is 9.11. The van der Waals surface area contributed by atoms with Gasteiger partial charge in [-0.15, -0.1) is 0 Å². The molecule has 0 fully saturated rings. The Morgan fingerprint density at radius 1 is 1.18 bits per heavy atom. The van der Waals surface area contributed by atoms with Crippen molar-refractivity contribution in [1.82, 2.24) is 0 Å². The Morgan fingerprint density at radius 3 is 2.41 bits per heavy atom. The number of carboxylic acid groups (broad SMARTS) is 1. The topological polar surface area (TPSA) is 87.0 Å². The Morgan fingerprint density at radius 2 is 1.82 bits per heavy atom. The summed E-state index contributed by atoms with van der Waals surface area (Å²) in [7, 11) is 0. The highest BCUT2D eigenvalue weighted by Crippen LogP contribution is 2.36. The zero-order chi connectivity index (χ0) is 16.3. The summed E-state index contributed by atoms with van der Waals surface area (Å²) in [4.78, 5) is 26.5. The number of halogens is 2. The van der Waals surface area contributed by atoms with Crippen molar-refractivity contribution >= 4 is 55.0 Å². The fraction of sp³-hybridized carbons (Fsp3) is 0. The van der Waals surface area contributed by atoms with E-state index in [1.807, 2.05) is 0 Å². The molecule has 0 saturated heterocycles. The number of allylic oxidation sites excluding steroid dienone is 5. The molecule has 7 heteroatoms. The number of aliphatic imine (C=N–C) groups is 1. The summed E-state index contributed by atoms with van der Waals surface area (Å²) in [6, 6.07) is 3.25. The van der Waals surface area contributed by atoms with E-state index in [-0.39, 0.29) is 17.1 Å². The molecule has 0 saturated carbocycles. The Kier molecular flexibility index (Phi) is 5.10. The number of carbonyl (C=O) groups excluding carboxylic acids is 1. The summed E-state index contributed by atoms with van der Waals surface area (Å²) in [6.07, 6.45) is 6.48. The van der Waals surface area contributed by atoms with Crippen LogP contribution in [0.25, 0.3) is 0 Å². The first-order valence-corrected chi connectivity index (χ1v) is 7.57. The van der Waals surface area contributed by atoms with Gasteiger partial charge in [-0.25, -0.2) is 9.79 Å². The number of aliphatic carboxylic acids is 1. The van der Waals surface area contributed by atoms with E-state index < -0.39 is 5.97 Å². The molecule has 0 bridgehead atoms. The normalized spacial score (nSPS) is 16.4. The molecule has 0 atom stereocenters. The predicted octanol–water partition coefficient (Wildman–Crippen LogP) is 3.70. The number of benzene rings is 1. The van der Waals surface area contributed by atoms with Gasteiger partial charge in [-0.3, -0.25) is 4.79 Å². The zero-order valence-corrected chi connectivity index (χ0v) is 14.1. The van der Waals surface area contributed by atoms with Crippen LogP contribution in [0.15, 0.2) is 62.0 Å². The highest BCUT2D eigenvalue weighted by Gasteiger charge is 2.11. The number of hydrogen-bond donors (Lipinski definition) is 2. The molecule has 1 aromatic rings. The van der Waals surface area contributed by atoms with Gasteiger partial charge in [0.15, 0.2) is 5.78 Å². The molecule has 0 unspecified atom stereocenters. The molecule has 0 aromatic heterocycles. The predicted molar refractivity (Wildman–Crippen MR) is 89.6 cm³/mol. The molecular formula is C15H9Br2NO4. The van der Waals surface area contributed by atoms with Crippen LogP contribution in [-0.2, 0) is 9.59 Å². The van der Waals surface area contributed by atoms with Crippen molar-refractivity contribution in [3.63, 3.8) is 0 Å². The molecule has 2 rings (SSSR count). The molecule has 0 amide bonds. The van der Waals surface area contributed by atoms with Gasteiger partial charge in [-0.1, -0.05) is 0 Å². The Hall–Kier alpha value is -1.99. The monoisotopic (exact) mass is 425 g/mol. The molecule has 0 heterocycles. The van der Waals surface area contributed by atoms with E-state index in [0.29, 0.717) is 20.3 Å². The van der Waals surface area contributed by atoms with Gasteiger partial charge in [-0.2, -0.15) is 0 Å². The number of ketones is 1. The maximum Gasteiger partial charge on any atom is 0.328 e. The Bertz CT molecular complexity index is 753. The zero-order valence-electron chi connectivity index (χ0n) is 11.0. The van der Waals surface area contributed by atoms with Crippen molar-refractivity contribution in [1.29, 1.82) is 0 Å². The van der Waals surface area contributed by atoms with Gasteiger partial charge in [0.1, 0.15) is 5.75 Å². The lowest BCUT2D eigenvalue weighted by Crippen LogP contribution is -2.06. The summed E-state index contributed by atoms with van der Waals surface area (Å²) in [5.74, 6) is -1.35. The molecule has 2 N–H and O–H groups in total. The van der Waals surface area contributed by atoms with E-state index in [0.717, 1.165) is 6.08 Å². The molecule has 5 nitrogen and oxygen atoms in total. The van der Waals surface area contributed by atoms with Crippen LogP contribution in [0, 0.1) is 0 Å². The summed E-state index contributed by atoms with van der Waals surface area (Å²) >= 11 is 6.42. The first-order chi connectivity index (χ1) is 10.4. The summed E-state index contributed by atoms with van der Waals surface area (Å²) < 4.78 is 0.958. The molecule has 1 aliphatic carbocycles. The third-order valence-electron chi connectivity index (χ3n) is 2.66. The summed E-state index contributed by atoms with van der Waals surface area (Å²) in [5, 5.41) is 18.3. The average Bonchev–Trinajstić information content (AvgIpc) is 2.45. The quantitative estimate of drug-likeness (QED) is 0.569. The maximum absolute atomic E-state index is 11.7. The second-order valence-electron chi connectivity index (χ2n) is 4.26. The molecule has 112 valence electrons. The van der Waals surface area contributed by atoms with Gasteiger partial charge in [0.05, 0.1) is 20.3 Å². The van der Waals surface area contributed by atoms with E-state index in [1.165, 1.54) is 24.3 Å². The van der Waals surface area contributed by atoms with Crippen LogP contribution in [0.2, 0.25) is 0 Å². The third-order valence-corrected chi connectivity index (χ3v) is 3.87. The van der Waals surface area contributed by atoms with Gasteiger partial charge in [0.2, 0.25) is 0 Å². The van der Waals surface area contributed by atoms with Crippen LogP contribution in [0.1, 0.15) is 0 Å². The van der Waals surface area contributed by atoms with Gasteiger partial charge < -0.3 is 10.2 Å². The molecule has 1 aromatic carbocycles. The first-order valence-electron chi connectivity index (χ1n) is 5.98. The van der Waals surface area contributed by atoms with Crippen LogP contribution < -0.4 is 0 Å². The van der Waals surface area contributed by atoms with Crippen molar-refractivity contribution in [2.45, 2.75) is 0 Å². The SMILES string of the molecule is O=C(O)C=CC1=CC(=Nc2cc(Br)c(O)c(Br)c2)C=CC1=O. The van der Waals surface area contributed by atoms with Crippen LogP contribution >= 0.6 is 31.9 Å². The minimum Gasteiger partial charge on any atom is -0.506 e. The third kappa shape index (κ3) is 4.02. The molecule has 22 heavy (non-hydrogen) atoms. The number of aromatic hydroxyl groups is 1. The standard InChI is InChI=1S/C15H9Br2NO4/c16-11-6-10(7-12(17)15(11)22)18-9-2-3-13(19)8(5-9)1-4-14(20)21/h1-7,22H,(H,20,21).